The fourth-order valence-electron chi connectivity index (χ4n) is 1.21. The quantitative estimate of drug-likeness (QED) is 0.551. The number of carbonyl (C=O) groups is 2. The zero-order chi connectivity index (χ0) is 13.3. The lowest BCUT2D eigenvalue weighted by Crippen LogP contribution is -2.07. The summed E-state index contributed by atoms with van der Waals surface area (Å²) in [4.78, 5) is 19.9. The zero-order valence-corrected chi connectivity index (χ0v) is 10.3. The number of hydrogen-bond acceptors (Lipinski definition) is 3. The van der Waals surface area contributed by atoms with Crippen LogP contribution in [0.15, 0.2) is 12.2 Å². The van der Waals surface area contributed by atoms with E-state index in [1.165, 1.54) is 6.08 Å². The van der Waals surface area contributed by atoms with Crippen molar-refractivity contribution in [3.05, 3.63) is 12.2 Å². The molecule has 0 aromatic carbocycles. The number of carboxylic acid groups (broad SMARTS) is 2. The second-order valence-electron chi connectivity index (χ2n) is 3.75. The van der Waals surface area contributed by atoms with E-state index in [0.717, 1.165) is 25.7 Å². The number of carboxylic acids is 2. The fourth-order valence-corrected chi connectivity index (χ4v) is 1.21. The molecule has 0 radical (unpaired) electrons. The summed E-state index contributed by atoms with van der Waals surface area (Å²) >= 11 is 0. The van der Waals surface area contributed by atoms with Crippen molar-refractivity contribution in [3.63, 3.8) is 0 Å². The first-order valence-corrected chi connectivity index (χ1v) is 5.80. The topological polar surface area (TPSA) is 87.1 Å². The number of epoxide rings is 1. The van der Waals surface area contributed by atoms with Crippen LogP contribution in [-0.2, 0) is 14.3 Å². The first kappa shape index (κ1) is 15.6. The van der Waals surface area contributed by atoms with E-state index >= 15 is 0 Å². The molecule has 1 aliphatic rings. The van der Waals surface area contributed by atoms with Crippen molar-refractivity contribution in [2.45, 2.75) is 51.7 Å². The Bertz CT molecular complexity index is 272. The highest BCUT2D eigenvalue weighted by atomic mass is 16.6. The van der Waals surface area contributed by atoms with Crippen molar-refractivity contribution in [1.29, 1.82) is 0 Å². The molecule has 17 heavy (non-hydrogen) atoms. The summed E-state index contributed by atoms with van der Waals surface area (Å²) in [7, 11) is 0. The van der Waals surface area contributed by atoms with Crippen LogP contribution in [-0.4, -0.2) is 34.4 Å². The maximum absolute atomic E-state index is 10.1. The van der Waals surface area contributed by atoms with Crippen LogP contribution in [0.4, 0.5) is 0 Å². The van der Waals surface area contributed by atoms with Gasteiger partial charge in [-0.15, -0.1) is 0 Å². The molecule has 1 saturated heterocycles. The van der Waals surface area contributed by atoms with Crippen LogP contribution >= 0.6 is 0 Å². The van der Waals surface area contributed by atoms with Gasteiger partial charge in [0, 0.05) is 6.08 Å². The molecule has 0 saturated carbocycles. The van der Waals surface area contributed by atoms with Crippen molar-refractivity contribution >= 4 is 11.9 Å². The van der Waals surface area contributed by atoms with Gasteiger partial charge in [0.25, 0.3) is 0 Å². The standard InChI is InChI=1S/C6H10O3.C6H10O2/c1-2-3-4-5(9-4)6(7)8;1-2-3-4-5-6(7)8/h4-5H,2-3H2,1H3,(H,7,8);4-5H,2-3H2,1H3,(H,7,8)/b;5-4+. The minimum absolute atomic E-state index is 0.00694. The van der Waals surface area contributed by atoms with Gasteiger partial charge in [0.1, 0.15) is 0 Å². The molecule has 0 bridgehead atoms. The molecule has 5 nitrogen and oxygen atoms in total. The Balaban J connectivity index is 0.000000304. The predicted octanol–water partition coefficient (Wildman–Crippen LogP) is 2.07. The van der Waals surface area contributed by atoms with Crippen LogP contribution < -0.4 is 0 Å². The van der Waals surface area contributed by atoms with Gasteiger partial charge in [0.05, 0.1) is 6.10 Å². The molecule has 1 rings (SSSR count). The van der Waals surface area contributed by atoms with E-state index in [4.69, 9.17) is 14.9 Å². The SMILES string of the molecule is CCC/C=C/C(=O)O.CCCC1OC1C(=O)O. The van der Waals surface area contributed by atoms with Crippen LogP contribution in [0.5, 0.6) is 0 Å². The minimum Gasteiger partial charge on any atom is -0.479 e. The molecule has 2 N–H and O–H groups in total. The molecule has 0 aromatic heterocycles. The third-order valence-corrected chi connectivity index (χ3v) is 2.11. The predicted molar refractivity (Wildman–Crippen MR) is 62.9 cm³/mol. The van der Waals surface area contributed by atoms with Gasteiger partial charge in [-0.1, -0.05) is 32.8 Å². The van der Waals surface area contributed by atoms with Gasteiger partial charge >= 0.3 is 11.9 Å². The van der Waals surface area contributed by atoms with E-state index in [-0.39, 0.29) is 6.10 Å². The number of rotatable bonds is 6. The van der Waals surface area contributed by atoms with Crippen LogP contribution in [0.25, 0.3) is 0 Å². The molecule has 2 atom stereocenters. The monoisotopic (exact) mass is 244 g/mol. The van der Waals surface area contributed by atoms with E-state index in [9.17, 15) is 9.59 Å². The van der Waals surface area contributed by atoms with Crippen molar-refractivity contribution in [3.8, 4) is 0 Å². The van der Waals surface area contributed by atoms with Crippen LogP contribution in [0, 0.1) is 0 Å². The van der Waals surface area contributed by atoms with Crippen molar-refractivity contribution in [1.82, 2.24) is 0 Å². The van der Waals surface area contributed by atoms with Crippen LogP contribution in [0.1, 0.15) is 39.5 Å². The molecule has 2 unspecified atom stereocenters. The molecule has 0 amide bonds. The van der Waals surface area contributed by atoms with Gasteiger partial charge < -0.3 is 14.9 Å². The second-order valence-corrected chi connectivity index (χ2v) is 3.75. The van der Waals surface area contributed by atoms with Crippen LogP contribution in [0.3, 0.4) is 0 Å². The molecule has 0 aromatic rings. The molecule has 5 heteroatoms. The molecule has 98 valence electrons. The Hall–Kier alpha value is -1.36. The second kappa shape index (κ2) is 8.75. The van der Waals surface area contributed by atoms with Gasteiger partial charge in [-0.3, -0.25) is 0 Å². The zero-order valence-electron chi connectivity index (χ0n) is 10.3. The highest BCUT2D eigenvalue weighted by molar-refractivity contribution is 5.79. The van der Waals surface area contributed by atoms with E-state index < -0.39 is 18.0 Å². The average Bonchev–Trinajstić information content (AvgIpc) is 2.99. The van der Waals surface area contributed by atoms with Gasteiger partial charge in [0.15, 0.2) is 6.10 Å². The molecule has 1 aliphatic heterocycles. The average molecular weight is 244 g/mol. The number of ether oxygens (including phenoxy) is 1. The Labute approximate surface area is 101 Å². The Morgan fingerprint density at radius 2 is 1.88 bits per heavy atom. The summed E-state index contributed by atoms with van der Waals surface area (Å²) in [5, 5.41) is 16.4. The number of aliphatic carboxylic acids is 2. The first-order chi connectivity index (χ1) is 8.02. The smallest absolute Gasteiger partial charge is 0.335 e. The molecular formula is C12H20O5. The summed E-state index contributed by atoms with van der Waals surface area (Å²) in [6.07, 6.45) is 6.06. The van der Waals surface area contributed by atoms with Gasteiger partial charge in [0.2, 0.25) is 0 Å². The van der Waals surface area contributed by atoms with Crippen molar-refractivity contribution in [2.75, 3.05) is 0 Å². The highest BCUT2D eigenvalue weighted by Crippen LogP contribution is 2.26. The maximum Gasteiger partial charge on any atom is 0.335 e. The third kappa shape index (κ3) is 8.45. The Kier molecular flexibility index (Phi) is 8.05. The molecule has 0 spiro atoms. The lowest BCUT2D eigenvalue weighted by molar-refractivity contribution is -0.138. The van der Waals surface area contributed by atoms with Gasteiger partial charge in [-0.25, -0.2) is 9.59 Å². The fraction of sp³-hybridized carbons (Fsp3) is 0.667. The van der Waals surface area contributed by atoms with Gasteiger partial charge in [-0.2, -0.15) is 0 Å². The summed E-state index contributed by atoms with van der Waals surface area (Å²) in [5.74, 6) is -1.69. The Morgan fingerprint density at radius 1 is 1.24 bits per heavy atom. The third-order valence-electron chi connectivity index (χ3n) is 2.11. The van der Waals surface area contributed by atoms with E-state index in [2.05, 4.69) is 0 Å². The lowest BCUT2D eigenvalue weighted by atomic mass is 10.2. The Morgan fingerprint density at radius 3 is 2.24 bits per heavy atom. The minimum atomic E-state index is -0.863. The number of allylic oxidation sites excluding steroid dienone is 1. The molecule has 1 fully saturated rings. The number of hydrogen-bond donors (Lipinski definition) is 2. The normalized spacial score (nSPS) is 21.8. The molecular weight excluding hydrogens is 224 g/mol. The van der Waals surface area contributed by atoms with Crippen molar-refractivity contribution < 1.29 is 24.5 Å². The molecule has 0 aliphatic carbocycles. The van der Waals surface area contributed by atoms with Crippen LogP contribution in [0.2, 0.25) is 0 Å². The summed E-state index contributed by atoms with van der Waals surface area (Å²) < 4.78 is 4.82. The summed E-state index contributed by atoms with van der Waals surface area (Å²) in [5.41, 5.74) is 0. The van der Waals surface area contributed by atoms with E-state index in [1.807, 2.05) is 13.8 Å². The maximum atomic E-state index is 10.1. The van der Waals surface area contributed by atoms with Gasteiger partial charge in [-0.05, 0) is 12.8 Å². The first-order valence-electron chi connectivity index (χ1n) is 5.80. The largest absolute Gasteiger partial charge is 0.479 e. The highest BCUT2D eigenvalue weighted by Gasteiger charge is 2.43. The lowest BCUT2D eigenvalue weighted by Gasteiger charge is -1.83. The number of unbranched alkanes of at least 4 members (excludes halogenated alkanes) is 1. The summed E-state index contributed by atoms with van der Waals surface area (Å²) in [6, 6.07) is 0. The van der Waals surface area contributed by atoms with E-state index in [0.29, 0.717) is 0 Å². The van der Waals surface area contributed by atoms with E-state index in [1.54, 1.807) is 6.08 Å². The van der Waals surface area contributed by atoms with Crippen molar-refractivity contribution in [2.24, 2.45) is 0 Å². The summed E-state index contributed by atoms with van der Waals surface area (Å²) in [6.45, 7) is 4.02. The molecule has 1 heterocycles.